The van der Waals surface area contributed by atoms with E-state index in [0.717, 1.165) is 13.0 Å². The first-order valence-electron chi connectivity index (χ1n) is 5.79. The van der Waals surface area contributed by atoms with Crippen LogP contribution in [-0.2, 0) is 0 Å². The fourth-order valence-corrected chi connectivity index (χ4v) is 1.58. The molecule has 0 aromatic carbocycles. The smallest absolute Gasteiger partial charge is 0.00355 e. The van der Waals surface area contributed by atoms with Gasteiger partial charge in [-0.15, -0.1) is 0 Å². The van der Waals surface area contributed by atoms with Crippen molar-refractivity contribution in [3.05, 3.63) is 0 Å². The first-order chi connectivity index (χ1) is 6.39. The summed E-state index contributed by atoms with van der Waals surface area (Å²) in [5.41, 5.74) is 6.01. The highest BCUT2D eigenvalue weighted by atomic mass is 15.1. The van der Waals surface area contributed by atoms with E-state index in [-0.39, 0.29) is 0 Å². The Morgan fingerprint density at radius 1 is 1.21 bits per heavy atom. The first kappa shape index (κ1) is 13.9. The Morgan fingerprint density at radius 2 is 1.79 bits per heavy atom. The van der Waals surface area contributed by atoms with E-state index >= 15 is 0 Å². The summed E-state index contributed by atoms with van der Waals surface area (Å²) >= 11 is 0. The molecule has 0 saturated heterocycles. The third-order valence-electron chi connectivity index (χ3n) is 3.07. The Hall–Kier alpha value is -0.0800. The fraction of sp³-hybridized carbons (Fsp3) is 1.00. The largest absolute Gasteiger partial charge is 0.330 e. The number of nitrogens with zero attached hydrogens (tertiary/aromatic N) is 1. The zero-order valence-electron chi connectivity index (χ0n) is 10.6. The molecule has 86 valence electrons. The van der Waals surface area contributed by atoms with Gasteiger partial charge in [-0.3, -0.25) is 0 Å². The van der Waals surface area contributed by atoms with Gasteiger partial charge in [0.25, 0.3) is 0 Å². The molecule has 0 aromatic heterocycles. The maximum atomic E-state index is 5.58. The van der Waals surface area contributed by atoms with E-state index in [2.05, 4.69) is 39.6 Å². The van der Waals surface area contributed by atoms with Gasteiger partial charge in [0.15, 0.2) is 0 Å². The molecule has 2 nitrogen and oxygen atoms in total. The number of hydrogen-bond donors (Lipinski definition) is 1. The van der Waals surface area contributed by atoms with Crippen LogP contribution in [0.5, 0.6) is 0 Å². The monoisotopic (exact) mass is 200 g/mol. The lowest BCUT2D eigenvalue weighted by Gasteiger charge is -2.26. The molecule has 0 unspecified atom stereocenters. The molecule has 0 rings (SSSR count). The van der Waals surface area contributed by atoms with Crippen LogP contribution in [0.3, 0.4) is 0 Å². The van der Waals surface area contributed by atoms with E-state index in [1.165, 1.54) is 19.4 Å². The SMILES string of the molecule is CC(C)N(C)CCCC(C)(C)CCN. The van der Waals surface area contributed by atoms with E-state index in [1.807, 2.05) is 0 Å². The van der Waals surface area contributed by atoms with Gasteiger partial charge in [0.1, 0.15) is 0 Å². The van der Waals surface area contributed by atoms with Crippen molar-refractivity contribution in [2.45, 2.75) is 53.0 Å². The van der Waals surface area contributed by atoms with E-state index in [0.29, 0.717) is 11.5 Å². The van der Waals surface area contributed by atoms with Crippen molar-refractivity contribution >= 4 is 0 Å². The molecule has 0 heterocycles. The third-order valence-corrected chi connectivity index (χ3v) is 3.07. The van der Waals surface area contributed by atoms with Crippen LogP contribution in [0.15, 0.2) is 0 Å². The summed E-state index contributed by atoms with van der Waals surface area (Å²) in [6.07, 6.45) is 3.70. The van der Waals surface area contributed by atoms with Crippen molar-refractivity contribution < 1.29 is 0 Å². The van der Waals surface area contributed by atoms with Crippen molar-refractivity contribution in [3.8, 4) is 0 Å². The van der Waals surface area contributed by atoms with Gasteiger partial charge in [-0.1, -0.05) is 13.8 Å². The number of nitrogens with two attached hydrogens (primary N) is 1. The maximum absolute atomic E-state index is 5.58. The Morgan fingerprint density at radius 3 is 2.21 bits per heavy atom. The topological polar surface area (TPSA) is 29.3 Å². The molecule has 0 aliphatic heterocycles. The molecule has 14 heavy (non-hydrogen) atoms. The van der Waals surface area contributed by atoms with Crippen molar-refractivity contribution in [2.24, 2.45) is 11.1 Å². The lowest BCUT2D eigenvalue weighted by molar-refractivity contribution is 0.235. The zero-order chi connectivity index (χ0) is 11.2. The second-order valence-corrected chi connectivity index (χ2v) is 5.38. The third kappa shape index (κ3) is 6.39. The van der Waals surface area contributed by atoms with E-state index in [9.17, 15) is 0 Å². The molecule has 0 aliphatic carbocycles. The predicted molar refractivity (Wildman–Crippen MR) is 64.5 cm³/mol. The quantitative estimate of drug-likeness (QED) is 0.684. The molecular weight excluding hydrogens is 172 g/mol. The molecule has 2 N–H and O–H groups in total. The summed E-state index contributed by atoms with van der Waals surface area (Å²) in [7, 11) is 2.20. The molecule has 0 amide bonds. The van der Waals surface area contributed by atoms with E-state index in [1.54, 1.807) is 0 Å². The van der Waals surface area contributed by atoms with Crippen molar-refractivity contribution in [3.63, 3.8) is 0 Å². The molecule has 0 fully saturated rings. The molecule has 2 heteroatoms. The summed E-state index contributed by atoms with van der Waals surface area (Å²) in [5.74, 6) is 0. The summed E-state index contributed by atoms with van der Waals surface area (Å²) < 4.78 is 0. The second kappa shape index (κ2) is 6.41. The molecule has 0 aromatic rings. The highest BCUT2D eigenvalue weighted by Gasteiger charge is 2.16. The molecule has 0 radical (unpaired) electrons. The highest BCUT2D eigenvalue weighted by Crippen LogP contribution is 2.25. The van der Waals surface area contributed by atoms with Gasteiger partial charge in [-0.05, 0) is 58.7 Å². The fourth-order valence-electron chi connectivity index (χ4n) is 1.58. The average molecular weight is 200 g/mol. The van der Waals surface area contributed by atoms with Crippen LogP contribution in [0.25, 0.3) is 0 Å². The van der Waals surface area contributed by atoms with Gasteiger partial charge in [0.05, 0.1) is 0 Å². The molecule has 0 bridgehead atoms. The lowest BCUT2D eigenvalue weighted by Crippen LogP contribution is -2.28. The minimum absolute atomic E-state index is 0.423. The minimum Gasteiger partial charge on any atom is -0.330 e. The summed E-state index contributed by atoms with van der Waals surface area (Å²) in [6.45, 7) is 11.1. The zero-order valence-corrected chi connectivity index (χ0v) is 10.6. The Bertz CT molecular complexity index is 141. The van der Waals surface area contributed by atoms with Crippen LogP contribution in [0.4, 0.5) is 0 Å². The van der Waals surface area contributed by atoms with Gasteiger partial charge in [-0.2, -0.15) is 0 Å². The Balaban J connectivity index is 3.62. The van der Waals surface area contributed by atoms with Crippen molar-refractivity contribution in [1.82, 2.24) is 4.90 Å². The predicted octanol–water partition coefficient (Wildman–Crippen LogP) is 2.48. The Kier molecular flexibility index (Phi) is 6.38. The van der Waals surface area contributed by atoms with Gasteiger partial charge < -0.3 is 10.6 Å². The lowest BCUT2D eigenvalue weighted by atomic mass is 9.84. The molecular formula is C12H28N2. The van der Waals surface area contributed by atoms with Crippen LogP contribution >= 0.6 is 0 Å². The molecule has 0 saturated carbocycles. The average Bonchev–Trinajstić information content (AvgIpc) is 2.03. The first-order valence-corrected chi connectivity index (χ1v) is 5.79. The van der Waals surface area contributed by atoms with E-state index in [4.69, 9.17) is 5.73 Å². The van der Waals surface area contributed by atoms with Gasteiger partial charge in [0, 0.05) is 6.04 Å². The Labute approximate surface area is 89.9 Å². The van der Waals surface area contributed by atoms with Crippen molar-refractivity contribution in [1.29, 1.82) is 0 Å². The molecule has 0 aliphatic rings. The van der Waals surface area contributed by atoms with E-state index < -0.39 is 0 Å². The standard InChI is InChI=1S/C12H28N2/c1-11(2)14(5)10-6-7-12(3,4)8-9-13/h11H,6-10,13H2,1-5H3. The molecule has 0 atom stereocenters. The van der Waals surface area contributed by atoms with Gasteiger partial charge in [-0.25, -0.2) is 0 Å². The normalized spacial score (nSPS) is 12.9. The van der Waals surface area contributed by atoms with Crippen LogP contribution in [0.2, 0.25) is 0 Å². The summed E-state index contributed by atoms with van der Waals surface area (Å²) in [5, 5.41) is 0. The summed E-state index contributed by atoms with van der Waals surface area (Å²) in [4.78, 5) is 2.40. The molecule has 0 spiro atoms. The summed E-state index contributed by atoms with van der Waals surface area (Å²) in [6, 6.07) is 0.660. The van der Waals surface area contributed by atoms with Crippen LogP contribution in [0, 0.1) is 5.41 Å². The van der Waals surface area contributed by atoms with Gasteiger partial charge >= 0.3 is 0 Å². The van der Waals surface area contributed by atoms with Crippen LogP contribution < -0.4 is 5.73 Å². The number of hydrogen-bond acceptors (Lipinski definition) is 2. The second-order valence-electron chi connectivity index (χ2n) is 5.38. The number of rotatable bonds is 7. The maximum Gasteiger partial charge on any atom is 0.00355 e. The minimum atomic E-state index is 0.423. The van der Waals surface area contributed by atoms with Crippen LogP contribution in [-0.4, -0.2) is 31.1 Å². The van der Waals surface area contributed by atoms with Crippen LogP contribution in [0.1, 0.15) is 47.0 Å². The van der Waals surface area contributed by atoms with Gasteiger partial charge in [0.2, 0.25) is 0 Å². The van der Waals surface area contributed by atoms with Crippen molar-refractivity contribution in [2.75, 3.05) is 20.1 Å². The highest BCUT2D eigenvalue weighted by molar-refractivity contribution is 4.70.